The normalized spacial score (nSPS) is 16.6. The minimum atomic E-state index is -0.322. The number of hydrogen-bond donors (Lipinski definition) is 1. The topological polar surface area (TPSA) is 68.9 Å². The lowest BCUT2D eigenvalue weighted by atomic mass is 10.0. The molecule has 1 N–H and O–H groups in total. The number of halogens is 1. The molecule has 0 unspecified atom stereocenters. The molecule has 1 aromatic heterocycles. The number of phenolic OH excluding ortho intramolecular Hbond substituents is 1. The number of aromatic hydroxyl groups is 1. The molecule has 0 saturated heterocycles. The van der Waals surface area contributed by atoms with Gasteiger partial charge in [0.25, 0.3) is 0 Å². The van der Waals surface area contributed by atoms with Crippen molar-refractivity contribution in [3.05, 3.63) is 81.3 Å². The molecule has 0 atom stereocenters. The van der Waals surface area contributed by atoms with Crippen LogP contribution in [0, 0.1) is 0 Å². The molecule has 25 heavy (non-hydrogen) atoms. The molecule has 1 aliphatic carbocycles. The van der Waals surface area contributed by atoms with Crippen LogP contribution < -0.4 is 5.43 Å². The van der Waals surface area contributed by atoms with Crippen molar-refractivity contribution < 1.29 is 19.0 Å². The second-order valence-electron chi connectivity index (χ2n) is 5.64. The maximum Gasteiger partial charge on any atom is 0.203 e. The van der Waals surface area contributed by atoms with Crippen LogP contribution in [-0.4, -0.2) is 5.11 Å². The first-order chi connectivity index (χ1) is 12.1. The maximum atomic E-state index is 12.8. The molecular weight excluding hydrogens is 344 g/mol. The average Bonchev–Trinajstić information content (AvgIpc) is 2.65. The quantitative estimate of drug-likeness (QED) is 0.850. The molecule has 6 heteroatoms. The SMILES string of the molecule is O=c1c(C2=COC=C(C3=CC=CCC3)O2)coc2cc(O)c(Cl)cc12. The van der Waals surface area contributed by atoms with Crippen LogP contribution in [-0.2, 0) is 9.47 Å². The molecule has 2 aliphatic rings. The first-order valence-corrected chi connectivity index (χ1v) is 8.05. The summed E-state index contributed by atoms with van der Waals surface area (Å²) in [4.78, 5) is 12.8. The van der Waals surface area contributed by atoms with E-state index in [0.717, 1.165) is 18.4 Å². The third kappa shape index (κ3) is 2.83. The lowest BCUT2D eigenvalue weighted by Crippen LogP contribution is -2.12. The summed E-state index contributed by atoms with van der Waals surface area (Å²) in [5.74, 6) is 0.668. The molecule has 5 nitrogen and oxygen atoms in total. The van der Waals surface area contributed by atoms with Crippen LogP contribution in [0.25, 0.3) is 16.7 Å². The zero-order valence-corrected chi connectivity index (χ0v) is 13.7. The van der Waals surface area contributed by atoms with Crippen molar-refractivity contribution in [1.29, 1.82) is 0 Å². The fourth-order valence-corrected chi connectivity index (χ4v) is 2.86. The molecular formula is C19H13ClO5. The number of phenols is 1. The molecule has 1 aliphatic heterocycles. The molecule has 0 spiro atoms. The monoisotopic (exact) mass is 356 g/mol. The summed E-state index contributed by atoms with van der Waals surface area (Å²) in [5, 5.41) is 9.96. The molecule has 0 radical (unpaired) electrons. The van der Waals surface area contributed by atoms with Gasteiger partial charge in [-0.1, -0.05) is 29.8 Å². The van der Waals surface area contributed by atoms with Crippen LogP contribution in [0.2, 0.25) is 5.02 Å². The van der Waals surface area contributed by atoms with E-state index < -0.39 is 0 Å². The minimum absolute atomic E-state index is 0.0754. The molecule has 0 amide bonds. The molecule has 1 aromatic carbocycles. The predicted molar refractivity (Wildman–Crippen MR) is 93.8 cm³/mol. The van der Waals surface area contributed by atoms with E-state index in [0.29, 0.717) is 5.76 Å². The van der Waals surface area contributed by atoms with Crippen molar-refractivity contribution in [1.82, 2.24) is 0 Å². The van der Waals surface area contributed by atoms with E-state index in [1.807, 2.05) is 12.2 Å². The van der Waals surface area contributed by atoms with Gasteiger partial charge in [-0.2, -0.15) is 0 Å². The van der Waals surface area contributed by atoms with Gasteiger partial charge >= 0.3 is 0 Å². The van der Waals surface area contributed by atoms with E-state index in [2.05, 4.69) is 6.08 Å². The Balaban J connectivity index is 1.73. The van der Waals surface area contributed by atoms with E-state index in [1.54, 1.807) is 0 Å². The van der Waals surface area contributed by atoms with Gasteiger partial charge in [-0.15, -0.1) is 0 Å². The first kappa shape index (κ1) is 15.6. The molecule has 0 saturated carbocycles. The van der Waals surface area contributed by atoms with Gasteiger partial charge in [-0.25, -0.2) is 0 Å². The second kappa shape index (κ2) is 6.18. The Labute approximate surface area is 147 Å². The number of hydrogen-bond acceptors (Lipinski definition) is 5. The number of rotatable bonds is 2. The van der Waals surface area contributed by atoms with E-state index in [-0.39, 0.29) is 38.5 Å². The second-order valence-corrected chi connectivity index (χ2v) is 6.05. The van der Waals surface area contributed by atoms with Crippen molar-refractivity contribution in [2.24, 2.45) is 0 Å². The minimum Gasteiger partial charge on any atom is -0.506 e. The van der Waals surface area contributed by atoms with Gasteiger partial charge in [0.05, 0.1) is 10.4 Å². The zero-order valence-electron chi connectivity index (χ0n) is 13.0. The predicted octanol–water partition coefficient (Wildman–Crippen LogP) is 4.62. The van der Waals surface area contributed by atoms with Gasteiger partial charge in [0.2, 0.25) is 5.43 Å². The van der Waals surface area contributed by atoms with E-state index >= 15 is 0 Å². The average molecular weight is 357 g/mol. The van der Waals surface area contributed by atoms with Crippen molar-refractivity contribution >= 4 is 28.3 Å². The van der Waals surface area contributed by atoms with Crippen LogP contribution in [0.4, 0.5) is 0 Å². The smallest absolute Gasteiger partial charge is 0.203 e. The first-order valence-electron chi connectivity index (χ1n) is 7.67. The van der Waals surface area contributed by atoms with Gasteiger partial charge in [0, 0.05) is 6.07 Å². The Bertz CT molecular complexity index is 1040. The third-order valence-electron chi connectivity index (χ3n) is 4.01. The van der Waals surface area contributed by atoms with Crippen LogP contribution in [0.5, 0.6) is 5.75 Å². The number of ether oxygens (including phenoxy) is 2. The van der Waals surface area contributed by atoms with Crippen molar-refractivity contribution in [2.45, 2.75) is 12.8 Å². The highest BCUT2D eigenvalue weighted by Gasteiger charge is 2.20. The van der Waals surface area contributed by atoms with Crippen LogP contribution >= 0.6 is 11.6 Å². The van der Waals surface area contributed by atoms with Crippen LogP contribution in [0.1, 0.15) is 18.4 Å². The van der Waals surface area contributed by atoms with E-state index in [9.17, 15) is 9.90 Å². The maximum absolute atomic E-state index is 12.8. The Morgan fingerprint density at radius 1 is 1.16 bits per heavy atom. The Morgan fingerprint density at radius 3 is 2.80 bits per heavy atom. The third-order valence-corrected chi connectivity index (χ3v) is 4.31. The van der Waals surface area contributed by atoms with Gasteiger partial charge in [-0.3, -0.25) is 4.79 Å². The largest absolute Gasteiger partial charge is 0.506 e. The van der Waals surface area contributed by atoms with E-state index in [1.165, 1.54) is 30.9 Å². The van der Waals surface area contributed by atoms with Gasteiger partial charge in [0.15, 0.2) is 11.5 Å². The lowest BCUT2D eigenvalue weighted by Gasteiger charge is -2.19. The summed E-state index contributed by atoms with van der Waals surface area (Å²) >= 11 is 5.90. The highest BCUT2D eigenvalue weighted by atomic mass is 35.5. The molecule has 4 rings (SSSR count). The Morgan fingerprint density at radius 2 is 2.00 bits per heavy atom. The summed E-state index contributed by atoms with van der Waals surface area (Å²) in [5.41, 5.74) is 1.12. The molecule has 126 valence electrons. The number of benzene rings is 1. The van der Waals surface area contributed by atoms with Crippen LogP contribution in [0.3, 0.4) is 0 Å². The van der Waals surface area contributed by atoms with Crippen molar-refractivity contribution in [3.63, 3.8) is 0 Å². The Hall–Kier alpha value is -2.92. The van der Waals surface area contributed by atoms with Crippen molar-refractivity contribution in [2.75, 3.05) is 0 Å². The van der Waals surface area contributed by atoms with Crippen molar-refractivity contribution in [3.8, 4) is 5.75 Å². The highest BCUT2D eigenvalue weighted by molar-refractivity contribution is 6.32. The molecule has 2 heterocycles. The Kier molecular flexibility index (Phi) is 3.86. The van der Waals surface area contributed by atoms with Gasteiger partial charge in [0.1, 0.15) is 35.7 Å². The molecule has 2 aromatic rings. The fourth-order valence-electron chi connectivity index (χ4n) is 2.70. The summed E-state index contributed by atoms with van der Waals surface area (Å²) in [6, 6.07) is 2.68. The highest BCUT2D eigenvalue weighted by Crippen LogP contribution is 2.31. The van der Waals surface area contributed by atoms with Crippen LogP contribution in [0.15, 0.2) is 69.7 Å². The summed E-state index contributed by atoms with van der Waals surface area (Å²) < 4.78 is 16.7. The summed E-state index contributed by atoms with van der Waals surface area (Å²) in [6.07, 6.45) is 11.9. The van der Waals surface area contributed by atoms with Gasteiger partial charge in [-0.05, 0) is 24.5 Å². The molecule has 0 fully saturated rings. The lowest BCUT2D eigenvalue weighted by molar-refractivity contribution is 0.284. The fraction of sp³-hybridized carbons (Fsp3) is 0.105. The number of allylic oxidation sites excluding steroid dienone is 4. The van der Waals surface area contributed by atoms with E-state index in [4.69, 9.17) is 25.5 Å². The molecule has 0 bridgehead atoms. The number of fused-ring (bicyclic) bond motifs is 1. The zero-order chi connectivity index (χ0) is 17.4. The summed E-state index contributed by atoms with van der Waals surface area (Å²) in [6.45, 7) is 0. The van der Waals surface area contributed by atoms with Gasteiger partial charge < -0.3 is 19.0 Å². The summed E-state index contributed by atoms with van der Waals surface area (Å²) in [7, 11) is 0. The standard InChI is InChI=1S/C19H13ClO5/c20-14-6-12-16(7-15(14)21)24-8-13(19(12)22)18-10-23-9-17(25-18)11-4-2-1-3-5-11/h1-2,4,6-10,21H,3,5H2.